The van der Waals surface area contributed by atoms with Crippen LogP contribution in [0.1, 0.15) is 6.92 Å². The van der Waals surface area contributed by atoms with Crippen LogP contribution in [0.2, 0.25) is 0 Å². The second kappa shape index (κ2) is 4.94. The van der Waals surface area contributed by atoms with E-state index in [1.54, 1.807) is 6.92 Å². The zero-order chi connectivity index (χ0) is 12.4. The maximum absolute atomic E-state index is 11.6. The molecule has 0 aromatic rings. The van der Waals surface area contributed by atoms with Crippen molar-refractivity contribution in [3.05, 3.63) is 0 Å². The third-order valence-corrected chi connectivity index (χ3v) is 5.01. The van der Waals surface area contributed by atoms with Gasteiger partial charge in [0, 0.05) is 32.7 Å². The van der Waals surface area contributed by atoms with Crippen molar-refractivity contribution >= 4 is 20.4 Å². The number of nitrogens with zero attached hydrogens (tertiary/aromatic N) is 2. The normalized spacial score (nSPS) is 21.1. The SMILES string of the molecule is CCNS(=O)(=O)N1CCN(S(N)(=O)=O)CC1. The minimum atomic E-state index is -3.72. The van der Waals surface area contributed by atoms with Gasteiger partial charge in [-0.15, -0.1) is 0 Å². The number of nitrogens with one attached hydrogen (secondary N) is 1. The van der Waals surface area contributed by atoms with E-state index in [0.29, 0.717) is 6.54 Å². The van der Waals surface area contributed by atoms with Crippen molar-refractivity contribution in [1.29, 1.82) is 0 Å². The Morgan fingerprint density at radius 1 is 1.06 bits per heavy atom. The fourth-order valence-corrected chi connectivity index (χ4v) is 3.30. The molecule has 8 nitrogen and oxygen atoms in total. The zero-order valence-electron chi connectivity index (χ0n) is 8.96. The predicted molar refractivity (Wildman–Crippen MR) is 58.8 cm³/mol. The minimum Gasteiger partial charge on any atom is -0.216 e. The Bertz CT molecular complexity index is 423. The van der Waals surface area contributed by atoms with Gasteiger partial charge in [-0.25, -0.2) is 9.86 Å². The Labute approximate surface area is 95.8 Å². The van der Waals surface area contributed by atoms with Crippen LogP contribution in [0.4, 0.5) is 0 Å². The first-order valence-corrected chi connectivity index (χ1v) is 7.74. The second-order valence-corrected chi connectivity index (χ2v) is 6.65. The lowest BCUT2D eigenvalue weighted by Crippen LogP contribution is -2.54. The van der Waals surface area contributed by atoms with Crippen LogP contribution < -0.4 is 9.86 Å². The van der Waals surface area contributed by atoms with E-state index in [2.05, 4.69) is 4.72 Å². The third-order valence-electron chi connectivity index (χ3n) is 2.22. The summed E-state index contributed by atoms with van der Waals surface area (Å²) in [5, 5.41) is 4.94. The molecule has 0 spiro atoms. The van der Waals surface area contributed by atoms with Crippen LogP contribution in [0.15, 0.2) is 0 Å². The molecule has 1 aliphatic rings. The van der Waals surface area contributed by atoms with E-state index in [1.165, 1.54) is 4.31 Å². The highest BCUT2D eigenvalue weighted by Gasteiger charge is 2.29. The zero-order valence-corrected chi connectivity index (χ0v) is 10.6. The summed E-state index contributed by atoms with van der Waals surface area (Å²) < 4.78 is 49.7. The first-order chi connectivity index (χ1) is 7.27. The maximum Gasteiger partial charge on any atom is 0.279 e. The van der Waals surface area contributed by atoms with Crippen LogP contribution in [0.3, 0.4) is 0 Å². The molecule has 0 unspecified atom stereocenters. The number of nitrogens with two attached hydrogens (primary N) is 1. The van der Waals surface area contributed by atoms with E-state index in [9.17, 15) is 16.8 Å². The highest BCUT2D eigenvalue weighted by Crippen LogP contribution is 2.07. The molecule has 16 heavy (non-hydrogen) atoms. The molecule has 1 aliphatic heterocycles. The predicted octanol–water partition coefficient (Wildman–Crippen LogP) is -2.34. The fourth-order valence-electron chi connectivity index (χ4n) is 1.44. The summed E-state index contributed by atoms with van der Waals surface area (Å²) in [6.07, 6.45) is 0. The van der Waals surface area contributed by atoms with Crippen LogP contribution in [0.25, 0.3) is 0 Å². The maximum atomic E-state index is 11.6. The molecule has 0 radical (unpaired) electrons. The van der Waals surface area contributed by atoms with Crippen LogP contribution in [-0.2, 0) is 20.4 Å². The van der Waals surface area contributed by atoms with Crippen molar-refractivity contribution in [1.82, 2.24) is 13.3 Å². The Balaban J connectivity index is 2.63. The summed E-state index contributed by atoms with van der Waals surface area (Å²) in [6.45, 7) is 2.39. The minimum absolute atomic E-state index is 0.0868. The Morgan fingerprint density at radius 3 is 1.88 bits per heavy atom. The molecule has 0 bridgehead atoms. The molecule has 0 aromatic heterocycles. The largest absolute Gasteiger partial charge is 0.279 e. The summed E-state index contributed by atoms with van der Waals surface area (Å²) in [6, 6.07) is 0. The van der Waals surface area contributed by atoms with E-state index in [0.717, 1.165) is 4.31 Å². The summed E-state index contributed by atoms with van der Waals surface area (Å²) in [4.78, 5) is 0. The average Bonchev–Trinajstić information content (AvgIpc) is 2.16. The molecule has 0 atom stereocenters. The first kappa shape index (κ1) is 13.8. The van der Waals surface area contributed by atoms with Crippen molar-refractivity contribution in [3.8, 4) is 0 Å². The number of hydrogen-bond donors (Lipinski definition) is 2. The van der Waals surface area contributed by atoms with Crippen molar-refractivity contribution in [2.24, 2.45) is 5.14 Å². The van der Waals surface area contributed by atoms with Gasteiger partial charge in [-0.2, -0.15) is 25.4 Å². The highest BCUT2D eigenvalue weighted by molar-refractivity contribution is 7.87. The second-order valence-electron chi connectivity index (χ2n) is 3.35. The van der Waals surface area contributed by atoms with Gasteiger partial charge in [-0.3, -0.25) is 0 Å². The van der Waals surface area contributed by atoms with Gasteiger partial charge in [-0.05, 0) is 0 Å². The lowest BCUT2D eigenvalue weighted by atomic mass is 10.4. The van der Waals surface area contributed by atoms with Gasteiger partial charge in [-0.1, -0.05) is 6.92 Å². The molecule has 1 heterocycles. The molecular weight excluding hydrogens is 256 g/mol. The lowest BCUT2D eigenvalue weighted by molar-refractivity contribution is 0.271. The molecular formula is C6H16N4O4S2. The Kier molecular flexibility index (Phi) is 4.26. The van der Waals surface area contributed by atoms with Crippen LogP contribution in [0, 0.1) is 0 Å². The molecule has 1 rings (SSSR count). The van der Waals surface area contributed by atoms with Gasteiger partial charge in [0.05, 0.1) is 0 Å². The van der Waals surface area contributed by atoms with Crippen LogP contribution in [0.5, 0.6) is 0 Å². The molecule has 0 saturated carbocycles. The number of hydrogen-bond acceptors (Lipinski definition) is 4. The van der Waals surface area contributed by atoms with Crippen molar-refractivity contribution < 1.29 is 16.8 Å². The van der Waals surface area contributed by atoms with Crippen LogP contribution >= 0.6 is 0 Å². The van der Waals surface area contributed by atoms with Crippen molar-refractivity contribution in [3.63, 3.8) is 0 Å². The molecule has 10 heteroatoms. The van der Waals surface area contributed by atoms with Crippen molar-refractivity contribution in [2.45, 2.75) is 6.92 Å². The molecule has 0 aromatic carbocycles. The highest BCUT2D eigenvalue weighted by atomic mass is 32.2. The van der Waals surface area contributed by atoms with E-state index >= 15 is 0 Å². The first-order valence-electron chi connectivity index (χ1n) is 4.80. The fraction of sp³-hybridized carbons (Fsp3) is 1.00. The third kappa shape index (κ3) is 3.37. The monoisotopic (exact) mass is 272 g/mol. The van der Waals surface area contributed by atoms with E-state index in [4.69, 9.17) is 5.14 Å². The average molecular weight is 272 g/mol. The number of piperazine rings is 1. The standard InChI is InChI=1S/C6H16N4O4S2/c1-2-8-16(13,14)10-5-3-9(4-6-10)15(7,11)12/h8H,2-6H2,1H3,(H2,7,11,12). The van der Waals surface area contributed by atoms with Gasteiger partial charge in [0.2, 0.25) is 0 Å². The smallest absolute Gasteiger partial charge is 0.216 e. The molecule has 0 amide bonds. The lowest BCUT2D eigenvalue weighted by Gasteiger charge is -2.31. The van der Waals surface area contributed by atoms with Gasteiger partial charge in [0.1, 0.15) is 0 Å². The molecule has 3 N–H and O–H groups in total. The van der Waals surface area contributed by atoms with Gasteiger partial charge in [0.25, 0.3) is 20.4 Å². The summed E-state index contributed by atoms with van der Waals surface area (Å²) in [7, 11) is -7.20. The quantitative estimate of drug-likeness (QED) is 0.597. The summed E-state index contributed by atoms with van der Waals surface area (Å²) in [5.74, 6) is 0. The molecule has 0 aliphatic carbocycles. The summed E-state index contributed by atoms with van der Waals surface area (Å²) >= 11 is 0. The number of rotatable bonds is 4. The van der Waals surface area contributed by atoms with Crippen LogP contribution in [-0.4, -0.2) is 58.2 Å². The van der Waals surface area contributed by atoms with Gasteiger partial charge in [0.15, 0.2) is 0 Å². The topological polar surface area (TPSA) is 113 Å². The van der Waals surface area contributed by atoms with Crippen molar-refractivity contribution in [2.75, 3.05) is 32.7 Å². The summed E-state index contributed by atoms with van der Waals surface area (Å²) in [5.41, 5.74) is 0. The van der Waals surface area contributed by atoms with E-state index in [-0.39, 0.29) is 26.2 Å². The van der Waals surface area contributed by atoms with E-state index in [1.807, 2.05) is 0 Å². The Morgan fingerprint density at radius 2 is 1.50 bits per heavy atom. The van der Waals surface area contributed by atoms with E-state index < -0.39 is 20.4 Å². The van der Waals surface area contributed by atoms with Gasteiger partial charge >= 0.3 is 0 Å². The van der Waals surface area contributed by atoms with Gasteiger partial charge < -0.3 is 0 Å². The molecule has 96 valence electrons. The Hall–Kier alpha value is -0.260. The molecule has 1 saturated heterocycles. The molecule has 1 fully saturated rings.